The number of carbonyl (C=O) groups excluding carboxylic acids is 3. The Balaban J connectivity index is 1.33. The third-order valence-corrected chi connectivity index (χ3v) is 6.44. The Bertz CT molecular complexity index is 997. The number of hydrogen-bond acceptors (Lipinski definition) is 4. The van der Waals surface area contributed by atoms with E-state index in [0.29, 0.717) is 32.0 Å². The van der Waals surface area contributed by atoms with Gasteiger partial charge in [-0.05, 0) is 56.4 Å². The van der Waals surface area contributed by atoms with Crippen LogP contribution in [0.3, 0.4) is 0 Å². The molecule has 3 heterocycles. The smallest absolute Gasteiger partial charge is 0.321 e. The molecular formula is C25H31N5O3. The summed E-state index contributed by atoms with van der Waals surface area (Å²) in [5.41, 5.74) is 1.65. The number of pyridine rings is 1. The van der Waals surface area contributed by atoms with Gasteiger partial charge in [0.05, 0.1) is 11.8 Å². The predicted octanol–water partition coefficient (Wildman–Crippen LogP) is 3.51. The van der Waals surface area contributed by atoms with Crippen LogP contribution in [0.2, 0.25) is 0 Å². The van der Waals surface area contributed by atoms with Gasteiger partial charge in [0.2, 0.25) is 11.8 Å². The average molecular weight is 450 g/mol. The van der Waals surface area contributed by atoms with Gasteiger partial charge in [0, 0.05) is 38.1 Å². The van der Waals surface area contributed by atoms with Gasteiger partial charge in [-0.25, -0.2) is 9.78 Å². The first-order valence-electron chi connectivity index (χ1n) is 11.6. The standard InChI is InChI=1S/C25H31N5O3/c1-18-8-5-13-26-22(18)28-23(31)19-9-6-14-29(16-19)24(32)20-10-7-15-30(17-20)25(33)27-21-11-3-2-4-12-21/h2-5,8,11-13,19-20H,6-7,9-10,14-17H2,1H3,(H,27,33)(H,26,28,31). The van der Waals surface area contributed by atoms with Crippen molar-refractivity contribution in [2.75, 3.05) is 36.8 Å². The van der Waals surface area contributed by atoms with Crippen molar-refractivity contribution in [1.29, 1.82) is 0 Å². The molecule has 2 aromatic rings. The topological polar surface area (TPSA) is 94.6 Å². The van der Waals surface area contributed by atoms with Crippen molar-refractivity contribution in [1.82, 2.24) is 14.8 Å². The monoisotopic (exact) mass is 449 g/mol. The van der Waals surface area contributed by atoms with Gasteiger partial charge in [-0.15, -0.1) is 0 Å². The fourth-order valence-electron chi connectivity index (χ4n) is 4.57. The lowest BCUT2D eigenvalue weighted by Gasteiger charge is -2.38. The second-order valence-corrected chi connectivity index (χ2v) is 8.86. The number of benzene rings is 1. The van der Waals surface area contributed by atoms with Crippen LogP contribution < -0.4 is 10.6 Å². The van der Waals surface area contributed by atoms with Crippen LogP contribution in [0.25, 0.3) is 0 Å². The van der Waals surface area contributed by atoms with Gasteiger partial charge >= 0.3 is 6.03 Å². The molecule has 8 nitrogen and oxygen atoms in total. The summed E-state index contributed by atoms with van der Waals surface area (Å²) in [5, 5.41) is 5.82. The minimum Gasteiger partial charge on any atom is -0.342 e. The van der Waals surface area contributed by atoms with Crippen LogP contribution in [-0.2, 0) is 9.59 Å². The number of likely N-dealkylation sites (tertiary alicyclic amines) is 2. The fraction of sp³-hybridized carbons (Fsp3) is 0.440. The molecule has 4 amide bonds. The minimum absolute atomic E-state index is 0.0405. The lowest BCUT2D eigenvalue weighted by molar-refractivity contribution is -0.139. The Morgan fingerprint density at radius 2 is 1.58 bits per heavy atom. The van der Waals surface area contributed by atoms with E-state index in [1.165, 1.54) is 0 Å². The molecule has 1 aromatic carbocycles. The summed E-state index contributed by atoms with van der Waals surface area (Å²) in [5.74, 6) is 0.0177. The van der Waals surface area contributed by atoms with Gasteiger partial charge in [0.25, 0.3) is 0 Å². The van der Waals surface area contributed by atoms with E-state index < -0.39 is 0 Å². The first-order valence-corrected chi connectivity index (χ1v) is 11.6. The Labute approximate surface area is 194 Å². The molecule has 2 saturated heterocycles. The number of aromatic nitrogens is 1. The number of nitrogens with zero attached hydrogens (tertiary/aromatic N) is 3. The Kier molecular flexibility index (Phi) is 7.22. The zero-order chi connectivity index (χ0) is 23.2. The number of anilines is 2. The first kappa shape index (κ1) is 22.8. The van der Waals surface area contributed by atoms with Crippen LogP contribution in [0.15, 0.2) is 48.7 Å². The number of rotatable bonds is 4. The molecular weight excluding hydrogens is 418 g/mol. The molecule has 0 spiro atoms. The van der Waals surface area contributed by atoms with E-state index in [0.717, 1.165) is 36.9 Å². The van der Waals surface area contributed by atoms with Gasteiger partial charge in [0.1, 0.15) is 5.82 Å². The molecule has 33 heavy (non-hydrogen) atoms. The average Bonchev–Trinajstić information content (AvgIpc) is 2.85. The highest BCUT2D eigenvalue weighted by atomic mass is 16.2. The molecule has 0 bridgehead atoms. The molecule has 4 rings (SSSR count). The number of hydrogen-bond donors (Lipinski definition) is 2. The lowest BCUT2D eigenvalue weighted by Crippen LogP contribution is -2.51. The van der Waals surface area contributed by atoms with Crippen LogP contribution in [0, 0.1) is 18.8 Å². The van der Waals surface area contributed by atoms with Gasteiger partial charge in [-0.3, -0.25) is 9.59 Å². The van der Waals surface area contributed by atoms with Crippen LogP contribution in [0.4, 0.5) is 16.3 Å². The molecule has 2 unspecified atom stereocenters. The lowest BCUT2D eigenvalue weighted by atomic mass is 9.92. The maximum absolute atomic E-state index is 13.3. The van der Waals surface area contributed by atoms with E-state index in [1.807, 2.05) is 54.3 Å². The summed E-state index contributed by atoms with van der Waals surface area (Å²) >= 11 is 0. The van der Waals surface area contributed by atoms with Crippen molar-refractivity contribution < 1.29 is 14.4 Å². The number of para-hydroxylation sites is 1. The Morgan fingerprint density at radius 3 is 2.33 bits per heavy atom. The molecule has 1 aromatic heterocycles. The van der Waals surface area contributed by atoms with Crippen molar-refractivity contribution in [2.45, 2.75) is 32.6 Å². The summed E-state index contributed by atoms with van der Waals surface area (Å²) in [7, 11) is 0. The number of aryl methyl sites for hydroxylation is 1. The maximum atomic E-state index is 13.3. The van der Waals surface area contributed by atoms with Gasteiger partial charge in [-0.1, -0.05) is 24.3 Å². The second-order valence-electron chi connectivity index (χ2n) is 8.86. The number of urea groups is 1. The van der Waals surface area contributed by atoms with Gasteiger partial charge in [0.15, 0.2) is 0 Å². The highest BCUT2D eigenvalue weighted by molar-refractivity contribution is 5.93. The van der Waals surface area contributed by atoms with Crippen molar-refractivity contribution in [3.05, 3.63) is 54.2 Å². The first-order chi connectivity index (χ1) is 16.0. The van der Waals surface area contributed by atoms with Crippen molar-refractivity contribution in [3.8, 4) is 0 Å². The second kappa shape index (κ2) is 10.5. The largest absolute Gasteiger partial charge is 0.342 e. The van der Waals surface area contributed by atoms with E-state index in [1.54, 1.807) is 11.1 Å². The van der Waals surface area contributed by atoms with E-state index in [9.17, 15) is 14.4 Å². The third kappa shape index (κ3) is 5.69. The molecule has 2 aliphatic rings. The van der Waals surface area contributed by atoms with Gasteiger partial charge in [-0.2, -0.15) is 0 Å². The van der Waals surface area contributed by atoms with E-state index in [-0.39, 0.29) is 29.7 Å². The van der Waals surface area contributed by atoms with Crippen LogP contribution in [0.5, 0.6) is 0 Å². The molecule has 0 aliphatic carbocycles. The molecule has 2 fully saturated rings. The molecule has 2 aliphatic heterocycles. The summed E-state index contributed by atoms with van der Waals surface area (Å²) in [6.07, 6.45) is 4.74. The summed E-state index contributed by atoms with van der Waals surface area (Å²) in [6, 6.07) is 12.9. The summed E-state index contributed by atoms with van der Waals surface area (Å²) in [6.45, 7) is 4.00. The highest BCUT2D eigenvalue weighted by Crippen LogP contribution is 2.25. The third-order valence-electron chi connectivity index (χ3n) is 6.44. The summed E-state index contributed by atoms with van der Waals surface area (Å²) in [4.78, 5) is 46.6. The van der Waals surface area contributed by atoms with E-state index in [2.05, 4.69) is 15.6 Å². The molecule has 2 atom stereocenters. The molecule has 0 saturated carbocycles. The molecule has 2 N–H and O–H groups in total. The number of piperidine rings is 2. The highest BCUT2D eigenvalue weighted by Gasteiger charge is 2.35. The summed E-state index contributed by atoms with van der Waals surface area (Å²) < 4.78 is 0. The minimum atomic E-state index is -0.259. The van der Waals surface area contributed by atoms with Gasteiger partial charge < -0.3 is 20.4 Å². The number of carbonyl (C=O) groups is 3. The zero-order valence-electron chi connectivity index (χ0n) is 19.0. The van der Waals surface area contributed by atoms with E-state index >= 15 is 0 Å². The predicted molar refractivity (Wildman–Crippen MR) is 127 cm³/mol. The van der Waals surface area contributed by atoms with Crippen molar-refractivity contribution >= 4 is 29.4 Å². The Hall–Kier alpha value is -3.42. The van der Waals surface area contributed by atoms with Crippen LogP contribution in [0.1, 0.15) is 31.2 Å². The zero-order valence-corrected chi connectivity index (χ0v) is 19.0. The molecule has 0 radical (unpaired) electrons. The van der Waals surface area contributed by atoms with Crippen molar-refractivity contribution in [3.63, 3.8) is 0 Å². The van der Waals surface area contributed by atoms with Crippen LogP contribution >= 0.6 is 0 Å². The Morgan fingerprint density at radius 1 is 0.879 bits per heavy atom. The van der Waals surface area contributed by atoms with Crippen molar-refractivity contribution in [2.24, 2.45) is 11.8 Å². The molecule has 8 heteroatoms. The SMILES string of the molecule is Cc1cccnc1NC(=O)C1CCCN(C(=O)C2CCCN(C(=O)Nc3ccccc3)C2)C1. The molecule has 174 valence electrons. The van der Waals surface area contributed by atoms with E-state index in [4.69, 9.17) is 0 Å². The quantitative estimate of drug-likeness (QED) is 0.747. The number of amides is 4. The maximum Gasteiger partial charge on any atom is 0.321 e. The van der Waals surface area contributed by atoms with Crippen LogP contribution in [-0.4, -0.2) is 58.8 Å². The normalized spacial score (nSPS) is 20.8. The fourth-order valence-corrected chi connectivity index (χ4v) is 4.57. The number of nitrogens with one attached hydrogen (secondary N) is 2.